The lowest BCUT2D eigenvalue weighted by Crippen LogP contribution is -2.74. The van der Waals surface area contributed by atoms with Crippen molar-refractivity contribution in [2.24, 2.45) is 29.4 Å². The van der Waals surface area contributed by atoms with Gasteiger partial charge in [0.15, 0.2) is 0 Å². The third-order valence-electron chi connectivity index (χ3n) is 9.60. The second-order valence-corrected chi connectivity index (χ2v) is 11.2. The molecule has 1 aliphatic heterocycles. The number of aliphatic hydroxyl groups is 1. The summed E-state index contributed by atoms with van der Waals surface area (Å²) in [5.74, 6) is 2.34. The molecule has 0 aromatic rings. The molecule has 4 aliphatic rings. The van der Waals surface area contributed by atoms with Gasteiger partial charge in [-0.25, -0.2) is 0 Å². The monoisotopic (exact) mass is 434 g/mol. The Labute approximate surface area is 191 Å². The maximum atomic E-state index is 10.9. The molecule has 5 heteroatoms. The number of nitrogens with two attached hydrogens (primary N) is 1. The minimum Gasteiger partial charge on any atom is -0.378 e. The normalized spacial score (nSPS) is 34.0. The van der Waals surface area contributed by atoms with Gasteiger partial charge in [-0.15, -0.1) is 0 Å². The highest BCUT2D eigenvalue weighted by molar-refractivity contribution is 5.08. The highest BCUT2D eigenvalue weighted by Gasteiger charge is 2.53. The summed E-state index contributed by atoms with van der Waals surface area (Å²) in [7, 11) is 0. The summed E-state index contributed by atoms with van der Waals surface area (Å²) in [6.45, 7) is 2.81. The van der Waals surface area contributed by atoms with Crippen LogP contribution in [0, 0.1) is 23.7 Å². The molecule has 4 atom stereocenters. The van der Waals surface area contributed by atoms with E-state index in [1.165, 1.54) is 96.3 Å². The van der Waals surface area contributed by atoms with Gasteiger partial charge in [-0.1, -0.05) is 64.7 Å². The van der Waals surface area contributed by atoms with Gasteiger partial charge in [-0.2, -0.15) is 0 Å². The van der Waals surface area contributed by atoms with Gasteiger partial charge in [0.1, 0.15) is 6.23 Å². The van der Waals surface area contributed by atoms with Crippen molar-refractivity contribution in [2.45, 2.75) is 134 Å². The Bertz CT molecular complexity index is 476. The molecule has 0 spiro atoms. The first-order valence-corrected chi connectivity index (χ1v) is 13.8. The van der Waals surface area contributed by atoms with Gasteiger partial charge in [-0.3, -0.25) is 16.0 Å². The molecule has 4 rings (SSSR count). The van der Waals surface area contributed by atoms with E-state index in [1.54, 1.807) is 0 Å². The fourth-order valence-corrected chi connectivity index (χ4v) is 7.99. The van der Waals surface area contributed by atoms with Crippen molar-refractivity contribution in [1.29, 1.82) is 0 Å². The first kappa shape index (κ1) is 23.9. The largest absolute Gasteiger partial charge is 0.378 e. The summed E-state index contributed by atoms with van der Waals surface area (Å²) in [5.41, 5.74) is 6.81. The van der Waals surface area contributed by atoms with Crippen molar-refractivity contribution in [3.05, 3.63) is 0 Å². The van der Waals surface area contributed by atoms with Crippen LogP contribution >= 0.6 is 0 Å². The molecule has 0 radical (unpaired) electrons. The fourth-order valence-electron chi connectivity index (χ4n) is 7.99. The van der Waals surface area contributed by atoms with E-state index in [2.05, 4.69) is 22.9 Å². The van der Waals surface area contributed by atoms with E-state index in [0.29, 0.717) is 6.67 Å². The summed E-state index contributed by atoms with van der Waals surface area (Å²) in [5, 5.41) is 22.2. The van der Waals surface area contributed by atoms with Crippen molar-refractivity contribution in [3.8, 4) is 0 Å². The van der Waals surface area contributed by atoms with Crippen molar-refractivity contribution in [2.75, 3.05) is 6.67 Å². The quantitative estimate of drug-likeness (QED) is 0.415. The minimum absolute atomic E-state index is 0.00503. The number of aliphatic hydroxyl groups excluding tert-OH is 1. The van der Waals surface area contributed by atoms with E-state index in [0.717, 1.165) is 24.2 Å². The fraction of sp³-hybridized carbons (Fsp3) is 1.00. The summed E-state index contributed by atoms with van der Waals surface area (Å²) >= 11 is 0. The van der Waals surface area contributed by atoms with Crippen LogP contribution in [0.5, 0.6) is 0 Å². The Balaban J connectivity index is 1.70. The average molecular weight is 435 g/mol. The van der Waals surface area contributed by atoms with Gasteiger partial charge >= 0.3 is 0 Å². The number of hydrogen-bond donors (Lipinski definition) is 5. The van der Waals surface area contributed by atoms with E-state index in [-0.39, 0.29) is 23.7 Å². The van der Waals surface area contributed by atoms with Gasteiger partial charge in [-0.05, 0) is 62.7 Å². The highest BCUT2D eigenvalue weighted by atomic mass is 16.3. The van der Waals surface area contributed by atoms with Crippen molar-refractivity contribution in [3.63, 3.8) is 0 Å². The maximum absolute atomic E-state index is 10.9. The summed E-state index contributed by atoms with van der Waals surface area (Å²) in [4.78, 5) is 0. The Kier molecular flexibility index (Phi) is 8.72. The summed E-state index contributed by atoms with van der Waals surface area (Å²) in [6.07, 6.45) is 21.4. The molecule has 180 valence electrons. The first-order chi connectivity index (χ1) is 15.2. The molecule has 0 bridgehead atoms. The van der Waals surface area contributed by atoms with Gasteiger partial charge in [0.25, 0.3) is 0 Å². The lowest BCUT2D eigenvalue weighted by molar-refractivity contribution is -0.0542. The Morgan fingerprint density at radius 2 is 1.26 bits per heavy atom. The SMILES string of the molecule is CCC(N)C1C(O)NCNC1NC(C1CCCCC1)(C1CCCCC1)C1CCCCC1. The molecule has 1 saturated heterocycles. The summed E-state index contributed by atoms with van der Waals surface area (Å²) < 4.78 is 0. The van der Waals surface area contributed by atoms with Crippen LogP contribution in [0.1, 0.15) is 110 Å². The second kappa shape index (κ2) is 11.3. The standard InChI is InChI=1S/C26H50N4O/c1-2-22(27)23-24(28-18-29-25(23)31)30-26(19-12-6-3-7-13-19,20-14-8-4-9-15-20)21-16-10-5-11-17-21/h19-25,28-31H,2-18,27H2,1H3. The van der Waals surface area contributed by atoms with Gasteiger partial charge in [0.2, 0.25) is 0 Å². The molecule has 0 aromatic heterocycles. The Morgan fingerprint density at radius 1 is 0.806 bits per heavy atom. The zero-order chi connectivity index (χ0) is 21.7. The topological polar surface area (TPSA) is 82.3 Å². The van der Waals surface area contributed by atoms with Crippen LogP contribution in [-0.4, -0.2) is 35.7 Å². The molecule has 0 amide bonds. The molecule has 4 fully saturated rings. The average Bonchev–Trinajstić information content (AvgIpc) is 2.84. The van der Waals surface area contributed by atoms with Gasteiger partial charge < -0.3 is 10.8 Å². The molecule has 4 unspecified atom stereocenters. The third-order valence-corrected chi connectivity index (χ3v) is 9.60. The van der Waals surface area contributed by atoms with Crippen LogP contribution in [0.2, 0.25) is 0 Å². The molecule has 6 N–H and O–H groups in total. The lowest BCUT2D eigenvalue weighted by atomic mass is 9.56. The molecule has 3 saturated carbocycles. The second-order valence-electron chi connectivity index (χ2n) is 11.2. The molecular formula is C26H50N4O. The smallest absolute Gasteiger partial charge is 0.113 e. The molecule has 5 nitrogen and oxygen atoms in total. The van der Waals surface area contributed by atoms with E-state index in [4.69, 9.17) is 5.73 Å². The molecule has 1 heterocycles. The molecule has 31 heavy (non-hydrogen) atoms. The number of nitrogens with one attached hydrogen (secondary N) is 3. The van der Waals surface area contributed by atoms with Crippen LogP contribution in [0.4, 0.5) is 0 Å². The van der Waals surface area contributed by atoms with Crippen molar-refractivity contribution in [1.82, 2.24) is 16.0 Å². The van der Waals surface area contributed by atoms with Gasteiger partial charge in [0.05, 0.1) is 6.17 Å². The number of hydrogen-bond acceptors (Lipinski definition) is 5. The molecule has 3 aliphatic carbocycles. The van der Waals surface area contributed by atoms with Crippen molar-refractivity contribution < 1.29 is 5.11 Å². The third kappa shape index (κ3) is 5.16. The van der Waals surface area contributed by atoms with E-state index in [1.807, 2.05) is 0 Å². The Hall–Kier alpha value is -0.200. The van der Waals surface area contributed by atoms with Gasteiger partial charge in [0, 0.05) is 24.2 Å². The van der Waals surface area contributed by atoms with Crippen molar-refractivity contribution >= 4 is 0 Å². The predicted molar refractivity (Wildman–Crippen MR) is 128 cm³/mol. The number of rotatable bonds is 7. The Morgan fingerprint density at radius 3 is 1.68 bits per heavy atom. The van der Waals surface area contributed by atoms with E-state index >= 15 is 0 Å². The molecule has 0 aromatic carbocycles. The zero-order valence-corrected chi connectivity index (χ0v) is 20.1. The summed E-state index contributed by atoms with van der Waals surface area (Å²) in [6, 6.07) is -0.00503. The molecular weight excluding hydrogens is 384 g/mol. The zero-order valence-electron chi connectivity index (χ0n) is 20.1. The predicted octanol–water partition coefficient (Wildman–Crippen LogP) is 4.20. The first-order valence-electron chi connectivity index (χ1n) is 13.8. The van der Waals surface area contributed by atoms with Crippen LogP contribution in [-0.2, 0) is 0 Å². The lowest BCUT2D eigenvalue weighted by Gasteiger charge is -2.58. The highest BCUT2D eigenvalue weighted by Crippen LogP contribution is 2.51. The van der Waals surface area contributed by atoms with E-state index < -0.39 is 6.23 Å². The van der Waals surface area contributed by atoms with Crippen LogP contribution < -0.4 is 21.7 Å². The minimum atomic E-state index is -0.532. The maximum Gasteiger partial charge on any atom is 0.113 e. The van der Waals surface area contributed by atoms with Crippen LogP contribution in [0.15, 0.2) is 0 Å². The van der Waals surface area contributed by atoms with Crippen LogP contribution in [0.3, 0.4) is 0 Å². The van der Waals surface area contributed by atoms with Crippen LogP contribution in [0.25, 0.3) is 0 Å². The van der Waals surface area contributed by atoms with E-state index in [9.17, 15) is 5.11 Å².